The first-order valence-electron chi connectivity index (χ1n) is 9.48. The lowest BCUT2D eigenvalue weighted by Crippen LogP contribution is -2.31. The van der Waals surface area contributed by atoms with E-state index in [0.29, 0.717) is 17.1 Å². The summed E-state index contributed by atoms with van der Waals surface area (Å²) in [7, 11) is -3.78. The molecule has 0 fully saturated rings. The van der Waals surface area contributed by atoms with Crippen LogP contribution in [-0.4, -0.2) is 44.0 Å². The molecule has 0 atom stereocenters. The van der Waals surface area contributed by atoms with E-state index in [1.807, 2.05) is 12.1 Å². The number of hydrogen-bond donors (Lipinski definition) is 1. The molecule has 0 aliphatic rings. The highest BCUT2D eigenvalue weighted by atomic mass is 32.2. The fraction of sp³-hybridized carbons (Fsp3) is 0.333. The lowest BCUT2D eigenvalue weighted by atomic mass is 10.1. The monoisotopic (exact) mass is 449 g/mol. The van der Waals surface area contributed by atoms with E-state index in [2.05, 4.69) is 11.4 Å². The van der Waals surface area contributed by atoms with Crippen molar-refractivity contribution in [1.82, 2.24) is 9.62 Å². The molecule has 30 heavy (non-hydrogen) atoms. The quantitative estimate of drug-likeness (QED) is 0.562. The fourth-order valence-electron chi connectivity index (χ4n) is 2.82. The summed E-state index contributed by atoms with van der Waals surface area (Å²) >= 11 is 1.53. The Morgan fingerprint density at radius 1 is 1.20 bits per heavy atom. The minimum atomic E-state index is -3.78. The molecule has 0 heterocycles. The van der Waals surface area contributed by atoms with Gasteiger partial charge in [0.25, 0.3) is 5.91 Å². The molecule has 0 saturated heterocycles. The summed E-state index contributed by atoms with van der Waals surface area (Å²) in [6.07, 6.45) is 0. The molecule has 0 radical (unpaired) electrons. The van der Waals surface area contributed by atoms with Crippen LogP contribution in [0, 0.1) is 17.1 Å². The molecule has 6 nitrogen and oxygen atoms in total. The molecule has 0 bridgehead atoms. The van der Waals surface area contributed by atoms with Crippen molar-refractivity contribution in [2.75, 3.05) is 25.4 Å². The number of rotatable bonds is 10. The number of hydrogen-bond acceptors (Lipinski definition) is 5. The summed E-state index contributed by atoms with van der Waals surface area (Å²) in [5, 5.41) is 11.7. The zero-order chi connectivity index (χ0) is 22.1. The number of nitriles is 1. The third kappa shape index (κ3) is 5.81. The topological polar surface area (TPSA) is 90.3 Å². The Bertz CT molecular complexity index is 1030. The van der Waals surface area contributed by atoms with E-state index in [1.54, 1.807) is 26.0 Å². The number of amides is 1. The van der Waals surface area contributed by atoms with Crippen molar-refractivity contribution in [1.29, 1.82) is 5.26 Å². The van der Waals surface area contributed by atoms with E-state index in [4.69, 9.17) is 5.26 Å². The Labute approximate surface area is 181 Å². The zero-order valence-electron chi connectivity index (χ0n) is 16.9. The van der Waals surface area contributed by atoms with E-state index in [-0.39, 0.29) is 30.1 Å². The lowest BCUT2D eigenvalue weighted by Gasteiger charge is -2.19. The highest BCUT2D eigenvalue weighted by Crippen LogP contribution is 2.19. The van der Waals surface area contributed by atoms with E-state index < -0.39 is 21.7 Å². The molecule has 160 valence electrons. The molecule has 9 heteroatoms. The van der Waals surface area contributed by atoms with Crippen LogP contribution in [0.4, 0.5) is 4.39 Å². The lowest BCUT2D eigenvalue weighted by molar-refractivity contribution is 0.0952. The van der Waals surface area contributed by atoms with Gasteiger partial charge in [-0.3, -0.25) is 4.79 Å². The first-order chi connectivity index (χ1) is 14.3. The highest BCUT2D eigenvalue weighted by Gasteiger charge is 2.24. The number of nitrogens with zero attached hydrogens (tertiary/aromatic N) is 2. The van der Waals surface area contributed by atoms with Gasteiger partial charge in [0.1, 0.15) is 5.82 Å². The van der Waals surface area contributed by atoms with Crippen LogP contribution in [0.2, 0.25) is 0 Å². The average Bonchev–Trinajstić information content (AvgIpc) is 2.74. The summed E-state index contributed by atoms with van der Waals surface area (Å²) in [5.41, 5.74) is 1.22. The van der Waals surface area contributed by atoms with Gasteiger partial charge in [0.05, 0.1) is 22.1 Å². The van der Waals surface area contributed by atoms with E-state index in [0.717, 1.165) is 17.7 Å². The maximum Gasteiger partial charge on any atom is 0.254 e. The fourth-order valence-corrected chi connectivity index (χ4v) is 5.17. The number of thioether (sulfide) groups is 1. The molecule has 0 saturated carbocycles. The second-order valence-electron chi connectivity index (χ2n) is 6.31. The summed E-state index contributed by atoms with van der Waals surface area (Å²) in [6, 6.07) is 12.7. The Hall–Kier alpha value is -2.41. The molecule has 0 aliphatic heterocycles. The van der Waals surface area contributed by atoms with Crippen LogP contribution in [0.5, 0.6) is 0 Å². The summed E-state index contributed by atoms with van der Waals surface area (Å²) in [4.78, 5) is 12.3. The number of sulfonamides is 1. The largest absolute Gasteiger partial charge is 0.351 e. The van der Waals surface area contributed by atoms with Crippen molar-refractivity contribution < 1.29 is 17.6 Å². The van der Waals surface area contributed by atoms with Crippen molar-refractivity contribution in [3.05, 3.63) is 65.0 Å². The third-order valence-corrected chi connectivity index (χ3v) is 7.51. The molecular formula is C21H24FN3O3S2. The van der Waals surface area contributed by atoms with Crippen molar-refractivity contribution in [3.8, 4) is 6.07 Å². The maximum atomic E-state index is 14.1. The molecule has 0 aromatic heterocycles. The predicted octanol–water partition coefficient (Wildman–Crippen LogP) is 3.39. The Kier molecular flexibility index (Phi) is 8.84. The molecule has 1 N–H and O–H groups in total. The van der Waals surface area contributed by atoms with Crippen LogP contribution >= 0.6 is 11.8 Å². The van der Waals surface area contributed by atoms with Gasteiger partial charge in [0.15, 0.2) is 0 Å². The van der Waals surface area contributed by atoms with Gasteiger partial charge in [-0.15, -0.1) is 0 Å². The molecular weight excluding hydrogens is 425 g/mol. The molecule has 0 aliphatic carbocycles. The highest BCUT2D eigenvalue weighted by molar-refractivity contribution is 7.98. The second-order valence-corrected chi connectivity index (χ2v) is 9.35. The van der Waals surface area contributed by atoms with Crippen molar-refractivity contribution in [3.63, 3.8) is 0 Å². The van der Waals surface area contributed by atoms with Crippen molar-refractivity contribution in [2.45, 2.75) is 24.5 Å². The zero-order valence-corrected chi connectivity index (χ0v) is 18.5. The van der Waals surface area contributed by atoms with Gasteiger partial charge in [-0.05, 0) is 29.8 Å². The second kappa shape index (κ2) is 11.1. The first kappa shape index (κ1) is 23.9. The maximum absolute atomic E-state index is 14.1. The van der Waals surface area contributed by atoms with Crippen LogP contribution in [0.1, 0.15) is 35.3 Å². The van der Waals surface area contributed by atoms with Gasteiger partial charge in [0, 0.05) is 31.1 Å². The van der Waals surface area contributed by atoms with Crippen LogP contribution in [0.25, 0.3) is 0 Å². The van der Waals surface area contributed by atoms with Gasteiger partial charge in [-0.1, -0.05) is 32.0 Å². The third-order valence-electron chi connectivity index (χ3n) is 4.45. The molecule has 0 unspecified atom stereocenters. The number of nitrogens with one attached hydrogen (secondary N) is 1. The number of carbonyl (C=O) groups is 1. The molecule has 2 aromatic rings. The normalized spacial score (nSPS) is 11.3. The van der Waals surface area contributed by atoms with Crippen LogP contribution < -0.4 is 5.32 Å². The Morgan fingerprint density at radius 2 is 1.90 bits per heavy atom. The van der Waals surface area contributed by atoms with Gasteiger partial charge in [0.2, 0.25) is 10.0 Å². The van der Waals surface area contributed by atoms with Crippen LogP contribution in [0.3, 0.4) is 0 Å². The minimum Gasteiger partial charge on any atom is -0.351 e. The van der Waals surface area contributed by atoms with Crippen LogP contribution in [0.15, 0.2) is 47.4 Å². The molecule has 0 spiro atoms. The predicted molar refractivity (Wildman–Crippen MR) is 116 cm³/mol. The number of halogens is 1. The minimum absolute atomic E-state index is 0.111. The smallest absolute Gasteiger partial charge is 0.254 e. The molecule has 2 rings (SSSR count). The van der Waals surface area contributed by atoms with Gasteiger partial charge in [-0.2, -0.15) is 21.3 Å². The standard InChI is InChI=1S/C21H24FN3O3S2/c1-3-25(4-2)30(27,28)18-9-10-20(22)19(13-18)21(26)24-11-12-29-15-17-8-6-5-7-16(17)14-23/h5-10,13H,3-4,11-12,15H2,1-2H3,(H,24,26). The first-order valence-corrected chi connectivity index (χ1v) is 12.1. The number of benzene rings is 2. The van der Waals surface area contributed by atoms with Crippen molar-refractivity contribution in [2.24, 2.45) is 0 Å². The number of carbonyl (C=O) groups excluding carboxylic acids is 1. The Morgan fingerprint density at radius 3 is 2.57 bits per heavy atom. The summed E-state index contributed by atoms with van der Waals surface area (Å²) in [6.45, 7) is 4.27. The molecule has 2 aromatic carbocycles. The van der Waals surface area contributed by atoms with E-state index >= 15 is 0 Å². The summed E-state index contributed by atoms with van der Waals surface area (Å²) < 4.78 is 40.6. The summed E-state index contributed by atoms with van der Waals surface area (Å²) in [5.74, 6) is -0.264. The average molecular weight is 450 g/mol. The van der Waals surface area contributed by atoms with Gasteiger partial charge < -0.3 is 5.32 Å². The van der Waals surface area contributed by atoms with E-state index in [1.165, 1.54) is 22.1 Å². The van der Waals surface area contributed by atoms with Gasteiger partial charge in [-0.25, -0.2) is 12.8 Å². The molecule has 1 amide bonds. The van der Waals surface area contributed by atoms with Crippen LogP contribution in [-0.2, 0) is 15.8 Å². The SMILES string of the molecule is CCN(CC)S(=O)(=O)c1ccc(F)c(C(=O)NCCSCc2ccccc2C#N)c1. The van der Waals surface area contributed by atoms with Gasteiger partial charge >= 0.3 is 0 Å². The van der Waals surface area contributed by atoms with Crippen molar-refractivity contribution >= 4 is 27.7 Å². The Balaban J connectivity index is 1.98. The van der Waals surface area contributed by atoms with E-state index in [9.17, 15) is 17.6 Å².